The molecule has 0 spiro atoms. The molecule has 7 nitrogen and oxygen atoms in total. The average Bonchev–Trinajstić information content (AvgIpc) is 2.73. The fraction of sp³-hybridized carbons (Fsp3) is 0.381. The molecule has 162 valence electrons. The quantitative estimate of drug-likeness (QED) is 0.699. The first-order chi connectivity index (χ1) is 14.3. The number of piperazine rings is 1. The Hall–Kier alpha value is -2.65. The van der Waals surface area contributed by atoms with Crippen LogP contribution in [0.2, 0.25) is 0 Å². The molecule has 0 unspecified atom stereocenters. The van der Waals surface area contributed by atoms with Crippen molar-refractivity contribution in [3.8, 4) is 0 Å². The molecule has 9 heteroatoms. The lowest BCUT2D eigenvalue weighted by atomic mass is 10.2. The first-order valence-corrected chi connectivity index (χ1v) is 11.5. The van der Waals surface area contributed by atoms with E-state index in [1.165, 1.54) is 22.0 Å². The maximum Gasteiger partial charge on any atom is 0.315 e. The molecule has 2 N–H and O–H groups in total. The van der Waals surface area contributed by atoms with E-state index in [0.29, 0.717) is 26.2 Å². The molecule has 2 amide bonds. The number of hydrogen-bond donors (Lipinski definition) is 2. The summed E-state index contributed by atoms with van der Waals surface area (Å²) in [6.07, 6.45) is 0. The summed E-state index contributed by atoms with van der Waals surface area (Å²) in [5.74, 6) is -0.491. The van der Waals surface area contributed by atoms with Gasteiger partial charge in [0, 0.05) is 45.0 Å². The number of halogens is 1. The summed E-state index contributed by atoms with van der Waals surface area (Å²) in [6, 6.07) is 13.5. The molecule has 3 rings (SSSR count). The van der Waals surface area contributed by atoms with Crippen LogP contribution in [0.5, 0.6) is 0 Å². The smallest absolute Gasteiger partial charge is 0.315 e. The van der Waals surface area contributed by atoms with E-state index in [2.05, 4.69) is 21.6 Å². The molecule has 0 aliphatic carbocycles. The molecular weight excluding hydrogens is 407 g/mol. The van der Waals surface area contributed by atoms with E-state index in [-0.39, 0.29) is 24.7 Å². The van der Waals surface area contributed by atoms with Crippen molar-refractivity contribution < 1.29 is 17.6 Å². The summed E-state index contributed by atoms with van der Waals surface area (Å²) in [6.45, 7) is 4.41. The SMILES string of the molecule is Cc1cccc(N2CCN(S(=O)(=O)CCNC(=O)NCc3ccc(F)cc3)CC2)c1. The van der Waals surface area contributed by atoms with Crippen molar-refractivity contribution >= 4 is 21.7 Å². The van der Waals surface area contributed by atoms with Crippen molar-refractivity contribution in [2.24, 2.45) is 0 Å². The van der Waals surface area contributed by atoms with Gasteiger partial charge in [-0.2, -0.15) is 4.31 Å². The highest BCUT2D eigenvalue weighted by Gasteiger charge is 2.26. The van der Waals surface area contributed by atoms with E-state index in [4.69, 9.17) is 0 Å². The van der Waals surface area contributed by atoms with Crippen LogP contribution in [0.25, 0.3) is 0 Å². The lowest BCUT2D eigenvalue weighted by Crippen LogP contribution is -2.50. The minimum Gasteiger partial charge on any atom is -0.369 e. The van der Waals surface area contributed by atoms with Gasteiger partial charge in [0.05, 0.1) is 5.75 Å². The zero-order chi connectivity index (χ0) is 21.6. The molecule has 1 fully saturated rings. The highest BCUT2D eigenvalue weighted by atomic mass is 32.2. The number of nitrogens with one attached hydrogen (secondary N) is 2. The van der Waals surface area contributed by atoms with Crippen LogP contribution in [0.1, 0.15) is 11.1 Å². The summed E-state index contributed by atoms with van der Waals surface area (Å²) in [7, 11) is -3.44. The Morgan fingerprint density at radius 2 is 1.73 bits per heavy atom. The van der Waals surface area contributed by atoms with E-state index in [0.717, 1.165) is 11.3 Å². The average molecular weight is 435 g/mol. The normalized spacial score (nSPS) is 15.1. The number of carbonyl (C=O) groups excluding carboxylic acids is 1. The van der Waals surface area contributed by atoms with Gasteiger partial charge in [0.25, 0.3) is 0 Å². The zero-order valence-electron chi connectivity index (χ0n) is 17.0. The molecule has 0 radical (unpaired) electrons. The van der Waals surface area contributed by atoms with Gasteiger partial charge in [0.1, 0.15) is 5.82 Å². The minimum atomic E-state index is -3.44. The van der Waals surface area contributed by atoms with Crippen LogP contribution in [-0.4, -0.2) is 57.2 Å². The number of carbonyl (C=O) groups is 1. The van der Waals surface area contributed by atoms with E-state index in [1.54, 1.807) is 12.1 Å². The Bertz CT molecular complexity index is 958. The second-order valence-electron chi connectivity index (χ2n) is 7.28. The van der Waals surface area contributed by atoms with E-state index in [1.807, 2.05) is 25.1 Å². The zero-order valence-corrected chi connectivity index (χ0v) is 17.8. The lowest BCUT2D eigenvalue weighted by molar-refractivity contribution is 0.241. The summed E-state index contributed by atoms with van der Waals surface area (Å²) in [5.41, 5.74) is 3.03. The maximum atomic E-state index is 12.9. The molecule has 1 aliphatic rings. The third-order valence-electron chi connectivity index (χ3n) is 5.01. The predicted octanol–water partition coefficient (Wildman–Crippen LogP) is 2.09. The highest BCUT2D eigenvalue weighted by molar-refractivity contribution is 7.89. The molecule has 1 heterocycles. The predicted molar refractivity (Wildman–Crippen MR) is 115 cm³/mol. The fourth-order valence-electron chi connectivity index (χ4n) is 3.32. The van der Waals surface area contributed by atoms with Crippen LogP contribution in [0.4, 0.5) is 14.9 Å². The number of nitrogens with zero attached hydrogens (tertiary/aromatic N) is 2. The Balaban J connectivity index is 1.40. The second kappa shape index (κ2) is 9.90. The van der Waals surface area contributed by atoms with Crippen LogP contribution in [-0.2, 0) is 16.6 Å². The summed E-state index contributed by atoms with van der Waals surface area (Å²) < 4.78 is 39.5. The molecule has 0 aromatic heterocycles. The molecule has 0 saturated carbocycles. The Labute approximate surface area is 176 Å². The third kappa shape index (κ3) is 6.17. The molecule has 30 heavy (non-hydrogen) atoms. The number of benzene rings is 2. The van der Waals surface area contributed by atoms with E-state index in [9.17, 15) is 17.6 Å². The number of aryl methyl sites for hydroxylation is 1. The fourth-order valence-corrected chi connectivity index (χ4v) is 4.66. The van der Waals surface area contributed by atoms with Gasteiger partial charge in [-0.05, 0) is 42.3 Å². The van der Waals surface area contributed by atoms with E-state index < -0.39 is 16.1 Å². The summed E-state index contributed by atoms with van der Waals surface area (Å²) >= 11 is 0. The number of rotatable bonds is 7. The Morgan fingerprint density at radius 1 is 1.03 bits per heavy atom. The summed E-state index contributed by atoms with van der Waals surface area (Å²) in [5, 5.41) is 5.19. The number of hydrogen-bond acceptors (Lipinski definition) is 4. The highest BCUT2D eigenvalue weighted by Crippen LogP contribution is 2.19. The van der Waals surface area contributed by atoms with Gasteiger partial charge in [-0.15, -0.1) is 0 Å². The molecule has 1 aliphatic heterocycles. The van der Waals surface area contributed by atoms with Crippen LogP contribution < -0.4 is 15.5 Å². The van der Waals surface area contributed by atoms with Crippen LogP contribution >= 0.6 is 0 Å². The van der Waals surface area contributed by atoms with Gasteiger partial charge in [0.15, 0.2) is 0 Å². The van der Waals surface area contributed by atoms with Gasteiger partial charge >= 0.3 is 6.03 Å². The van der Waals surface area contributed by atoms with Crippen LogP contribution in [0.15, 0.2) is 48.5 Å². The first-order valence-electron chi connectivity index (χ1n) is 9.89. The molecule has 2 aromatic carbocycles. The number of anilines is 1. The van der Waals surface area contributed by atoms with Crippen molar-refractivity contribution in [2.75, 3.05) is 43.4 Å². The van der Waals surface area contributed by atoms with Crippen LogP contribution in [0, 0.1) is 12.7 Å². The first kappa shape index (κ1) is 22.0. The summed E-state index contributed by atoms with van der Waals surface area (Å²) in [4.78, 5) is 14.0. The largest absolute Gasteiger partial charge is 0.369 e. The maximum absolute atomic E-state index is 12.9. The lowest BCUT2D eigenvalue weighted by Gasteiger charge is -2.35. The van der Waals surface area contributed by atoms with E-state index >= 15 is 0 Å². The van der Waals surface area contributed by atoms with Crippen molar-refractivity contribution in [1.82, 2.24) is 14.9 Å². The van der Waals surface area contributed by atoms with Crippen molar-refractivity contribution in [3.63, 3.8) is 0 Å². The van der Waals surface area contributed by atoms with Crippen molar-refractivity contribution in [1.29, 1.82) is 0 Å². The molecule has 0 atom stereocenters. The minimum absolute atomic E-state index is 0.0235. The molecule has 2 aromatic rings. The van der Waals surface area contributed by atoms with Crippen LogP contribution in [0.3, 0.4) is 0 Å². The van der Waals surface area contributed by atoms with Gasteiger partial charge in [-0.3, -0.25) is 0 Å². The Morgan fingerprint density at radius 3 is 2.40 bits per heavy atom. The van der Waals surface area contributed by atoms with Gasteiger partial charge in [-0.1, -0.05) is 24.3 Å². The van der Waals surface area contributed by atoms with Crippen molar-refractivity contribution in [2.45, 2.75) is 13.5 Å². The third-order valence-corrected chi connectivity index (χ3v) is 6.88. The molecule has 1 saturated heterocycles. The van der Waals surface area contributed by atoms with Gasteiger partial charge in [-0.25, -0.2) is 17.6 Å². The second-order valence-corrected chi connectivity index (χ2v) is 9.37. The monoisotopic (exact) mass is 434 g/mol. The van der Waals surface area contributed by atoms with Gasteiger partial charge < -0.3 is 15.5 Å². The number of amides is 2. The molecular formula is C21H27FN4O3S. The number of urea groups is 1. The number of sulfonamides is 1. The van der Waals surface area contributed by atoms with Gasteiger partial charge in [0.2, 0.25) is 10.0 Å². The Kier molecular flexibility index (Phi) is 7.28. The standard InChI is InChI=1S/C21H27FN4O3S/c1-17-3-2-4-20(15-17)25-10-12-26(13-11-25)30(28,29)14-9-23-21(27)24-16-18-5-7-19(22)8-6-18/h2-8,15H,9-14,16H2,1H3,(H2,23,24,27). The topological polar surface area (TPSA) is 81.8 Å². The molecule has 0 bridgehead atoms. The van der Waals surface area contributed by atoms with Crippen molar-refractivity contribution in [3.05, 3.63) is 65.5 Å².